The Kier molecular flexibility index (Phi) is 6.91. The van der Waals surface area contributed by atoms with Gasteiger partial charge >= 0.3 is 6.09 Å². The summed E-state index contributed by atoms with van der Waals surface area (Å²) < 4.78 is 19.4. The quantitative estimate of drug-likeness (QED) is 0.709. The van der Waals surface area contributed by atoms with E-state index in [0.29, 0.717) is 36.3 Å². The molecule has 0 spiro atoms. The second-order valence-corrected chi connectivity index (χ2v) is 8.42. The Morgan fingerprint density at radius 2 is 1.82 bits per heavy atom. The molecular weight excluding hydrogens is 425 g/mol. The normalized spacial score (nSPS) is 20.5. The van der Waals surface area contributed by atoms with Crippen LogP contribution in [0.3, 0.4) is 0 Å². The number of amides is 3. The average Bonchev–Trinajstić information content (AvgIpc) is 3.15. The van der Waals surface area contributed by atoms with E-state index in [0.717, 1.165) is 19.3 Å². The molecule has 4 rings (SSSR count). The molecule has 2 aliphatic heterocycles. The van der Waals surface area contributed by atoms with Crippen LogP contribution in [0.5, 0.6) is 0 Å². The molecule has 2 unspecified atom stereocenters. The molecule has 1 N–H and O–H groups in total. The Balaban J connectivity index is 1.62. The predicted octanol–water partition coefficient (Wildman–Crippen LogP) is 4.25. The molecule has 2 fully saturated rings. The van der Waals surface area contributed by atoms with Gasteiger partial charge in [-0.05, 0) is 54.7 Å². The Hall–Kier alpha value is -3.42. The first-order valence-electron chi connectivity index (χ1n) is 11.4. The average molecular weight is 454 g/mol. The summed E-state index contributed by atoms with van der Waals surface area (Å²) in [6, 6.07) is 12.1. The van der Waals surface area contributed by atoms with Crippen LogP contribution < -0.4 is 5.32 Å². The van der Waals surface area contributed by atoms with E-state index >= 15 is 0 Å². The summed E-state index contributed by atoms with van der Waals surface area (Å²) in [5.74, 6) is -0.667. The van der Waals surface area contributed by atoms with Gasteiger partial charge in [0.15, 0.2) is 12.1 Å². The molecule has 2 heterocycles. The van der Waals surface area contributed by atoms with E-state index in [-0.39, 0.29) is 18.4 Å². The van der Waals surface area contributed by atoms with Crippen LogP contribution in [-0.4, -0.2) is 46.8 Å². The molecule has 0 aromatic heterocycles. The van der Waals surface area contributed by atoms with E-state index in [1.54, 1.807) is 48.2 Å². The van der Waals surface area contributed by atoms with Gasteiger partial charge < -0.3 is 15.0 Å². The number of likely N-dealkylation sites (tertiary alicyclic amines) is 1. The van der Waals surface area contributed by atoms with Crippen LogP contribution in [0.2, 0.25) is 0 Å². The third-order valence-electron chi connectivity index (χ3n) is 6.09. The highest BCUT2D eigenvalue weighted by Crippen LogP contribution is 2.36. The van der Waals surface area contributed by atoms with Crippen molar-refractivity contribution in [3.8, 4) is 0 Å². The van der Waals surface area contributed by atoms with Crippen molar-refractivity contribution in [1.29, 1.82) is 0 Å². The Morgan fingerprint density at radius 1 is 1.09 bits per heavy atom. The monoisotopic (exact) mass is 453 g/mol. The van der Waals surface area contributed by atoms with Crippen molar-refractivity contribution < 1.29 is 23.5 Å². The lowest BCUT2D eigenvalue weighted by Gasteiger charge is -2.33. The second kappa shape index (κ2) is 10.0. The van der Waals surface area contributed by atoms with Gasteiger partial charge in [-0.2, -0.15) is 0 Å². The van der Waals surface area contributed by atoms with E-state index in [2.05, 4.69) is 5.32 Å². The van der Waals surface area contributed by atoms with Crippen molar-refractivity contribution in [3.63, 3.8) is 0 Å². The number of rotatable bonds is 6. The fraction of sp³-hybridized carbons (Fsp3) is 0.400. The predicted molar refractivity (Wildman–Crippen MR) is 121 cm³/mol. The number of carbonyl (C=O) groups excluding carboxylic acids is 3. The maximum absolute atomic E-state index is 13.7. The highest BCUT2D eigenvalue weighted by molar-refractivity contribution is 5.91. The smallest absolute Gasteiger partial charge is 0.411 e. The molecular formula is C25H28FN3O4. The maximum atomic E-state index is 13.7. The van der Waals surface area contributed by atoms with Crippen molar-refractivity contribution in [2.45, 2.75) is 51.3 Å². The lowest BCUT2D eigenvalue weighted by atomic mass is 9.98. The zero-order valence-electron chi connectivity index (χ0n) is 18.6. The number of cyclic esters (lactones) is 1. The van der Waals surface area contributed by atoms with Crippen LogP contribution in [0.4, 0.5) is 14.9 Å². The van der Waals surface area contributed by atoms with Crippen molar-refractivity contribution in [2.75, 3.05) is 18.4 Å². The van der Waals surface area contributed by atoms with Gasteiger partial charge in [0.25, 0.3) is 0 Å². The van der Waals surface area contributed by atoms with E-state index in [1.807, 2.05) is 0 Å². The van der Waals surface area contributed by atoms with Crippen molar-refractivity contribution in [1.82, 2.24) is 9.80 Å². The zero-order chi connectivity index (χ0) is 23.4. The molecule has 0 radical (unpaired) electrons. The van der Waals surface area contributed by atoms with Gasteiger partial charge in [0.05, 0.1) is 6.54 Å². The summed E-state index contributed by atoms with van der Waals surface area (Å²) in [5.41, 5.74) is 1.88. The molecule has 0 saturated carbocycles. The highest BCUT2D eigenvalue weighted by Gasteiger charge is 2.48. The summed E-state index contributed by atoms with van der Waals surface area (Å²) in [6.45, 7) is 3.13. The number of nitrogens with one attached hydrogen (secondary N) is 1. The number of ether oxygens (including phenoxy) is 1. The van der Waals surface area contributed by atoms with Crippen molar-refractivity contribution in [2.24, 2.45) is 0 Å². The molecule has 174 valence electrons. The minimum Gasteiger partial charge on any atom is -0.438 e. The fourth-order valence-corrected chi connectivity index (χ4v) is 4.33. The number of halogens is 1. The first-order valence-corrected chi connectivity index (χ1v) is 11.4. The molecule has 0 bridgehead atoms. The van der Waals surface area contributed by atoms with Gasteiger partial charge in [0.1, 0.15) is 5.82 Å². The summed E-state index contributed by atoms with van der Waals surface area (Å²) in [5, 5.41) is 2.78. The minimum atomic E-state index is -0.852. The standard InChI is InChI=1S/C25H28FN3O4/c1-2-21(30)27-20-11-9-18(10-12-20)23-22(24(31)28-13-4-3-5-14-28)29(25(32)33-23)16-17-7-6-8-19(26)15-17/h6-12,15,22-23H,2-5,13-14,16H2,1H3,(H,27,30). The summed E-state index contributed by atoms with van der Waals surface area (Å²) in [7, 11) is 0. The Labute approximate surface area is 192 Å². The first-order chi connectivity index (χ1) is 16.0. The molecule has 2 atom stereocenters. The topological polar surface area (TPSA) is 79.0 Å². The van der Waals surface area contributed by atoms with Crippen LogP contribution in [0, 0.1) is 5.82 Å². The molecule has 2 aliphatic rings. The van der Waals surface area contributed by atoms with Crippen LogP contribution >= 0.6 is 0 Å². The van der Waals surface area contributed by atoms with Gasteiger partial charge in [-0.1, -0.05) is 31.2 Å². The van der Waals surface area contributed by atoms with Crippen molar-refractivity contribution >= 4 is 23.6 Å². The number of piperidine rings is 1. The van der Waals surface area contributed by atoms with Gasteiger partial charge in [0.2, 0.25) is 11.8 Å². The lowest BCUT2D eigenvalue weighted by Crippen LogP contribution is -2.49. The van der Waals surface area contributed by atoms with Gasteiger partial charge in [-0.3, -0.25) is 14.5 Å². The number of hydrogen-bond acceptors (Lipinski definition) is 4. The molecule has 7 nitrogen and oxygen atoms in total. The molecule has 33 heavy (non-hydrogen) atoms. The molecule has 3 amide bonds. The number of nitrogens with zero attached hydrogens (tertiary/aromatic N) is 2. The minimum absolute atomic E-state index is 0.0714. The number of anilines is 1. The van der Waals surface area contributed by atoms with Crippen LogP contribution in [0.15, 0.2) is 48.5 Å². The SMILES string of the molecule is CCC(=O)Nc1ccc(C2OC(=O)N(Cc3cccc(F)c3)C2C(=O)N2CCCCC2)cc1. The third kappa shape index (κ3) is 5.16. The first kappa shape index (κ1) is 22.8. The third-order valence-corrected chi connectivity index (χ3v) is 6.09. The van der Waals surface area contributed by atoms with Crippen LogP contribution in [-0.2, 0) is 20.9 Å². The molecule has 2 aromatic carbocycles. The molecule has 0 aliphatic carbocycles. The number of carbonyl (C=O) groups is 3. The summed E-state index contributed by atoms with van der Waals surface area (Å²) in [6.07, 6.45) is 1.88. The van der Waals surface area contributed by atoms with Gasteiger partial charge in [-0.25, -0.2) is 9.18 Å². The lowest BCUT2D eigenvalue weighted by molar-refractivity contribution is -0.137. The van der Waals surface area contributed by atoms with Crippen molar-refractivity contribution in [3.05, 3.63) is 65.5 Å². The maximum Gasteiger partial charge on any atom is 0.411 e. The number of hydrogen-bond donors (Lipinski definition) is 1. The molecule has 2 aromatic rings. The second-order valence-electron chi connectivity index (χ2n) is 8.42. The van der Waals surface area contributed by atoms with E-state index in [1.165, 1.54) is 17.0 Å². The Bertz CT molecular complexity index is 1020. The number of benzene rings is 2. The largest absolute Gasteiger partial charge is 0.438 e. The van der Waals surface area contributed by atoms with E-state index in [4.69, 9.17) is 4.74 Å². The zero-order valence-corrected chi connectivity index (χ0v) is 18.6. The molecule has 2 saturated heterocycles. The fourth-order valence-electron chi connectivity index (χ4n) is 4.33. The van der Waals surface area contributed by atoms with Gasteiger partial charge in [-0.15, -0.1) is 0 Å². The van der Waals surface area contributed by atoms with E-state index in [9.17, 15) is 18.8 Å². The summed E-state index contributed by atoms with van der Waals surface area (Å²) in [4.78, 5) is 41.3. The Morgan fingerprint density at radius 3 is 2.48 bits per heavy atom. The van der Waals surface area contributed by atoms with Crippen LogP contribution in [0.25, 0.3) is 0 Å². The highest BCUT2D eigenvalue weighted by atomic mass is 19.1. The summed E-state index contributed by atoms with van der Waals surface area (Å²) >= 11 is 0. The van der Waals surface area contributed by atoms with Gasteiger partial charge in [0, 0.05) is 25.2 Å². The van der Waals surface area contributed by atoms with E-state index < -0.39 is 24.1 Å². The molecule has 8 heteroatoms. The van der Waals surface area contributed by atoms with Crippen LogP contribution in [0.1, 0.15) is 49.8 Å².